The summed E-state index contributed by atoms with van der Waals surface area (Å²) in [6.45, 7) is 3.11. The SMILES string of the molecule is CC(=O)Sc1ccc(C#Cc2ccc(C#Cc3ccc(C#Cc4ccc(SC(C)=O)cc4)cc3)cc2)cc1. The molecular weight excluding hydrogens is 505 g/mol. The van der Waals surface area contributed by atoms with Crippen LogP contribution in [0.3, 0.4) is 0 Å². The molecule has 4 aromatic carbocycles. The third-order valence-electron chi connectivity index (χ3n) is 5.06. The van der Waals surface area contributed by atoms with Crippen LogP contribution in [0.15, 0.2) is 107 Å². The van der Waals surface area contributed by atoms with Gasteiger partial charge in [0, 0.05) is 57.0 Å². The zero-order valence-corrected chi connectivity index (χ0v) is 22.5. The van der Waals surface area contributed by atoms with E-state index in [2.05, 4.69) is 35.5 Å². The number of carbonyl (C=O) groups is 2. The van der Waals surface area contributed by atoms with Crippen molar-refractivity contribution in [3.8, 4) is 35.5 Å². The van der Waals surface area contributed by atoms with Gasteiger partial charge in [-0.05, 0) is 97.1 Å². The maximum Gasteiger partial charge on any atom is 0.190 e. The molecular formula is C34H22O2S2. The number of carbonyl (C=O) groups excluding carboxylic acids is 2. The average molecular weight is 527 g/mol. The van der Waals surface area contributed by atoms with Crippen LogP contribution in [0, 0.1) is 35.5 Å². The van der Waals surface area contributed by atoms with E-state index in [-0.39, 0.29) is 10.2 Å². The molecule has 4 rings (SSSR count). The fourth-order valence-corrected chi connectivity index (χ4v) is 4.46. The van der Waals surface area contributed by atoms with Crippen molar-refractivity contribution in [1.29, 1.82) is 0 Å². The van der Waals surface area contributed by atoms with Crippen LogP contribution in [0.4, 0.5) is 0 Å². The van der Waals surface area contributed by atoms with Gasteiger partial charge in [0.2, 0.25) is 0 Å². The Bertz CT molecular complexity index is 1510. The molecule has 38 heavy (non-hydrogen) atoms. The first-order valence-corrected chi connectivity index (χ1v) is 13.4. The second-order valence-corrected chi connectivity index (χ2v) is 10.6. The van der Waals surface area contributed by atoms with Crippen molar-refractivity contribution < 1.29 is 9.59 Å². The predicted molar refractivity (Wildman–Crippen MR) is 157 cm³/mol. The monoisotopic (exact) mass is 526 g/mol. The zero-order valence-electron chi connectivity index (χ0n) is 20.9. The molecule has 0 saturated heterocycles. The van der Waals surface area contributed by atoms with E-state index in [1.165, 1.54) is 23.5 Å². The van der Waals surface area contributed by atoms with Gasteiger partial charge in [-0.3, -0.25) is 9.59 Å². The van der Waals surface area contributed by atoms with Gasteiger partial charge in [0.25, 0.3) is 0 Å². The van der Waals surface area contributed by atoms with E-state index < -0.39 is 0 Å². The number of hydrogen-bond acceptors (Lipinski definition) is 4. The topological polar surface area (TPSA) is 34.1 Å². The molecule has 182 valence electrons. The molecule has 0 aliphatic carbocycles. The summed E-state index contributed by atoms with van der Waals surface area (Å²) in [4.78, 5) is 24.2. The molecule has 0 spiro atoms. The van der Waals surface area contributed by atoms with E-state index in [1.54, 1.807) is 13.8 Å². The van der Waals surface area contributed by atoms with Gasteiger partial charge in [0.1, 0.15) is 0 Å². The first-order valence-electron chi connectivity index (χ1n) is 11.8. The number of hydrogen-bond donors (Lipinski definition) is 0. The van der Waals surface area contributed by atoms with E-state index in [9.17, 15) is 9.59 Å². The summed E-state index contributed by atoms with van der Waals surface area (Å²) in [6.07, 6.45) is 0. The first-order chi connectivity index (χ1) is 18.4. The van der Waals surface area contributed by atoms with E-state index in [1.807, 2.05) is 97.1 Å². The van der Waals surface area contributed by atoms with Crippen molar-refractivity contribution in [3.63, 3.8) is 0 Å². The molecule has 0 fully saturated rings. The molecule has 4 heteroatoms. The van der Waals surface area contributed by atoms with E-state index in [0.29, 0.717) is 0 Å². The van der Waals surface area contributed by atoms with Gasteiger partial charge in [-0.2, -0.15) is 0 Å². The average Bonchev–Trinajstić information content (AvgIpc) is 2.92. The number of rotatable bonds is 2. The highest BCUT2D eigenvalue weighted by Crippen LogP contribution is 2.19. The molecule has 0 aromatic heterocycles. The van der Waals surface area contributed by atoms with Crippen molar-refractivity contribution in [1.82, 2.24) is 0 Å². The number of benzene rings is 4. The van der Waals surface area contributed by atoms with Crippen LogP contribution >= 0.6 is 23.5 Å². The smallest absolute Gasteiger partial charge is 0.190 e. The largest absolute Gasteiger partial charge is 0.287 e. The van der Waals surface area contributed by atoms with Crippen molar-refractivity contribution in [2.45, 2.75) is 23.6 Å². The standard InChI is InChI=1S/C34H22O2S2/c1-25(35)37-33-21-17-31(18-22-33)15-13-29-9-5-27(6-10-29)3-4-28-7-11-30(12-8-28)14-16-32-19-23-34(24-20-32)38-26(2)36/h5-12,17-24H,1-2H3. The van der Waals surface area contributed by atoms with Gasteiger partial charge in [0.05, 0.1) is 0 Å². The number of thioether (sulfide) groups is 2. The molecule has 0 aliphatic heterocycles. The van der Waals surface area contributed by atoms with Crippen molar-refractivity contribution in [2.24, 2.45) is 0 Å². The van der Waals surface area contributed by atoms with E-state index in [4.69, 9.17) is 0 Å². The van der Waals surface area contributed by atoms with Crippen LogP contribution < -0.4 is 0 Å². The van der Waals surface area contributed by atoms with Gasteiger partial charge < -0.3 is 0 Å². The Morgan fingerprint density at radius 3 is 0.763 bits per heavy atom. The third-order valence-corrected chi connectivity index (χ3v) is 6.65. The molecule has 4 aromatic rings. The van der Waals surface area contributed by atoms with Gasteiger partial charge >= 0.3 is 0 Å². The van der Waals surface area contributed by atoms with Crippen molar-refractivity contribution in [3.05, 3.63) is 130 Å². The molecule has 0 unspecified atom stereocenters. The molecule has 0 saturated carbocycles. The molecule has 0 N–H and O–H groups in total. The first kappa shape index (κ1) is 26.7. The van der Waals surface area contributed by atoms with Gasteiger partial charge in [0.15, 0.2) is 10.2 Å². The molecule has 0 aliphatic rings. The second kappa shape index (κ2) is 13.2. The quantitative estimate of drug-likeness (QED) is 0.205. The van der Waals surface area contributed by atoms with Gasteiger partial charge in [-0.15, -0.1) is 0 Å². The Hall–Kier alpha value is -4.40. The summed E-state index contributed by atoms with van der Waals surface area (Å²) in [5.41, 5.74) is 5.45. The molecule has 0 atom stereocenters. The Balaban J connectivity index is 1.35. The fourth-order valence-electron chi connectivity index (χ4n) is 3.25. The minimum Gasteiger partial charge on any atom is -0.287 e. The molecule has 0 heterocycles. The molecule has 0 bridgehead atoms. The normalized spacial score (nSPS) is 9.63. The summed E-state index contributed by atoms with van der Waals surface area (Å²) < 4.78 is 0. The zero-order chi connectivity index (χ0) is 26.7. The van der Waals surface area contributed by atoms with Crippen molar-refractivity contribution in [2.75, 3.05) is 0 Å². The Morgan fingerprint density at radius 2 is 0.579 bits per heavy atom. The van der Waals surface area contributed by atoms with Crippen LogP contribution in [-0.4, -0.2) is 10.2 Å². The minimum atomic E-state index is 0.0686. The summed E-state index contributed by atoms with van der Waals surface area (Å²) in [6, 6.07) is 31.0. The summed E-state index contributed by atoms with van der Waals surface area (Å²) in [5.74, 6) is 19.0. The molecule has 0 radical (unpaired) electrons. The van der Waals surface area contributed by atoms with Crippen molar-refractivity contribution >= 4 is 33.8 Å². The highest BCUT2D eigenvalue weighted by molar-refractivity contribution is 8.13. The van der Waals surface area contributed by atoms with Gasteiger partial charge in [-0.1, -0.05) is 59.0 Å². The lowest BCUT2D eigenvalue weighted by Crippen LogP contribution is -1.82. The van der Waals surface area contributed by atoms with Crippen LogP contribution in [-0.2, 0) is 9.59 Å². The van der Waals surface area contributed by atoms with Crippen LogP contribution in [0.25, 0.3) is 0 Å². The lowest BCUT2D eigenvalue weighted by atomic mass is 10.1. The lowest BCUT2D eigenvalue weighted by Gasteiger charge is -1.97. The summed E-state index contributed by atoms with van der Waals surface area (Å²) in [7, 11) is 0. The highest BCUT2D eigenvalue weighted by atomic mass is 32.2. The highest BCUT2D eigenvalue weighted by Gasteiger charge is 1.99. The summed E-state index contributed by atoms with van der Waals surface area (Å²) >= 11 is 2.43. The predicted octanol–water partition coefficient (Wildman–Crippen LogP) is 7.16. The Labute approximate surface area is 232 Å². The van der Waals surface area contributed by atoms with E-state index in [0.717, 1.165) is 43.2 Å². The van der Waals surface area contributed by atoms with Crippen LogP contribution in [0.1, 0.15) is 47.2 Å². The minimum absolute atomic E-state index is 0.0686. The third kappa shape index (κ3) is 8.62. The summed E-state index contributed by atoms with van der Waals surface area (Å²) in [5, 5.41) is 0.137. The maximum absolute atomic E-state index is 11.2. The fraction of sp³-hybridized carbons (Fsp3) is 0.0588. The van der Waals surface area contributed by atoms with Gasteiger partial charge in [-0.25, -0.2) is 0 Å². The Kier molecular flexibility index (Phi) is 9.28. The van der Waals surface area contributed by atoms with Crippen LogP contribution in [0.2, 0.25) is 0 Å². The second-order valence-electron chi connectivity index (χ2n) is 8.14. The lowest BCUT2D eigenvalue weighted by molar-refractivity contribution is -0.109. The van der Waals surface area contributed by atoms with E-state index >= 15 is 0 Å². The Morgan fingerprint density at radius 1 is 0.395 bits per heavy atom. The molecule has 2 nitrogen and oxygen atoms in total. The van der Waals surface area contributed by atoms with Crippen LogP contribution in [0.5, 0.6) is 0 Å². The molecule has 0 amide bonds. The maximum atomic E-state index is 11.2.